The summed E-state index contributed by atoms with van der Waals surface area (Å²) in [5, 5.41) is 1.40. The van der Waals surface area contributed by atoms with Gasteiger partial charge in [0.05, 0.1) is 0 Å². The third-order valence-electron chi connectivity index (χ3n) is 2.21. The second kappa shape index (κ2) is 5.49. The van der Waals surface area contributed by atoms with Crippen LogP contribution in [0.15, 0.2) is 40.6 Å². The number of hydrogen-bond acceptors (Lipinski definition) is 4. The van der Waals surface area contributed by atoms with E-state index in [1.807, 2.05) is 25.1 Å². The molecule has 5 heteroatoms. The van der Waals surface area contributed by atoms with Crippen LogP contribution in [0.25, 0.3) is 0 Å². The van der Waals surface area contributed by atoms with Gasteiger partial charge in [-0.3, -0.25) is 0 Å². The monoisotopic (exact) mass is 265 g/mol. The number of rotatable bonds is 3. The van der Waals surface area contributed by atoms with E-state index in [0.29, 0.717) is 16.7 Å². The van der Waals surface area contributed by atoms with Crippen LogP contribution >= 0.6 is 23.4 Å². The molecule has 0 unspecified atom stereocenters. The van der Waals surface area contributed by atoms with Crippen LogP contribution in [0.2, 0.25) is 5.02 Å². The van der Waals surface area contributed by atoms with Crippen LogP contribution in [0.3, 0.4) is 0 Å². The standard InChI is InChI=1S/C12H12ClN3S/c1-8-6-15-12(16-7-8)17-10-3-2-9(5-14)11(13)4-10/h2-4,6-7H,5,14H2,1H3. The molecule has 0 aliphatic heterocycles. The molecule has 0 bridgehead atoms. The summed E-state index contributed by atoms with van der Waals surface area (Å²) in [6.45, 7) is 2.41. The van der Waals surface area contributed by atoms with E-state index in [2.05, 4.69) is 9.97 Å². The Balaban J connectivity index is 2.19. The molecule has 0 aliphatic carbocycles. The predicted molar refractivity (Wildman–Crippen MR) is 70.2 cm³/mol. The Morgan fingerprint density at radius 2 is 2.00 bits per heavy atom. The molecule has 0 amide bonds. The lowest BCUT2D eigenvalue weighted by atomic mass is 10.2. The molecule has 0 saturated heterocycles. The van der Waals surface area contributed by atoms with E-state index in [0.717, 1.165) is 16.0 Å². The maximum absolute atomic E-state index is 6.09. The van der Waals surface area contributed by atoms with E-state index in [-0.39, 0.29) is 0 Å². The Labute approximate surface area is 109 Å². The fraction of sp³-hybridized carbons (Fsp3) is 0.167. The Bertz CT molecular complexity index is 514. The number of halogens is 1. The largest absolute Gasteiger partial charge is 0.326 e. The smallest absolute Gasteiger partial charge is 0.192 e. The molecule has 1 aromatic carbocycles. The van der Waals surface area contributed by atoms with Crippen LogP contribution in [0.4, 0.5) is 0 Å². The van der Waals surface area contributed by atoms with Crippen molar-refractivity contribution in [3.63, 3.8) is 0 Å². The first-order chi connectivity index (χ1) is 8.19. The van der Waals surface area contributed by atoms with Crippen molar-refractivity contribution in [2.24, 2.45) is 5.73 Å². The molecule has 2 N–H and O–H groups in total. The first-order valence-corrected chi connectivity index (χ1v) is 6.33. The Hall–Kier alpha value is -1.10. The summed E-state index contributed by atoms with van der Waals surface area (Å²) in [6.07, 6.45) is 3.59. The molecule has 2 aromatic rings. The van der Waals surface area contributed by atoms with Gasteiger partial charge in [0, 0.05) is 28.9 Å². The van der Waals surface area contributed by atoms with E-state index in [4.69, 9.17) is 17.3 Å². The average Bonchev–Trinajstić information content (AvgIpc) is 2.32. The van der Waals surface area contributed by atoms with Gasteiger partial charge in [0.1, 0.15) is 0 Å². The normalized spacial score (nSPS) is 10.5. The highest BCUT2D eigenvalue weighted by Crippen LogP contribution is 2.28. The lowest BCUT2D eigenvalue weighted by Crippen LogP contribution is -1.96. The minimum atomic E-state index is 0.449. The second-order valence-corrected chi connectivity index (χ2v) is 5.05. The molecule has 0 radical (unpaired) electrons. The average molecular weight is 266 g/mol. The summed E-state index contributed by atoms with van der Waals surface area (Å²) < 4.78 is 0. The maximum atomic E-state index is 6.09. The van der Waals surface area contributed by atoms with Crippen molar-refractivity contribution in [1.82, 2.24) is 9.97 Å². The molecule has 17 heavy (non-hydrogen) atoms. The van der Waals surface area contributed by atoms with Gasteiger partial charge < -0.3 is 5.73 Å². The molecule has 0 atom stereocenters. The van der Waals surface area contributed by atoms with Gasteiger partial charge in [-0.1, -0.05) is 17.7 Å². The minimum absolute atomic E-state index is 0.449. The van der Waals surface area contributed by atoms with Gasteiger partial charge in [-0.05, 0) is 41.9 Å². The van der Waals surface area contributed by atoms with Gasteiger partial charge in [-0.15, -0.1) is 0 Å². The number of aryl methyl sites for hydroxylation is 1. The van der Waals surface area contributed by atoms with Gasteiger partial charge >= 0.3 is 0 Å². The third kappa shape index (κ3) is 3.19. The number of hydrogen-bond donors (Lipinski definition) is 1. The highest BCUT2D eigenvalue weighted by Gasteiger charge is 2.03. The van der Waals surface area contributed by atoms with Crippen molar-refractivity contribution in [2.45, 2.75) is 23.5 Å². The highest BCUT2D eigenvalue weighted by atomic mass is 35.5. The number of nitrogens with zero attached hydrogens (tertiary/aromatic N) is 2. The first-order valence-electron chi connectivity index (χ1n) is 5.14. The number of aromatic nitrogens is 2. The van der Waals surface area contributed by atoms with Gasteiger partial charge in [-0.25, -0.2) is 9.97 Å². The maximum Gasteiger partial charge on any atom is 0.192 e. The Morgan fingerprint density at radius 3 is 2.59 bits per heavy atom. The zero-order valence-electron chi connectivity index (χ0n) is 9.35. The lowest BCUT2D eigenvalue weighted by Gasteiger charge is -2.04. The van der Waals surface area contributed by atoms with E-state index in [1.165, 1.54) is 11.8 Å². The molecular formula is C12H12ClN3S. The van der Waals surface area contributed by atoms with Crippen LogP contribution in [0.1, 0.15) is 11.1 Å². The zero-order valence-corrected chi connectivity index (χ0v) is 10.9. The number of benzene rings is 1. The van der Waals surface area contributed by atoms with Crippen molar-refractivity contribution in [3.05, 3.63) is 46.7 Å². The summed E-state index contributed by atoms with van der Waals surface area (Å²) in [6, 6.07) is 5.79. The van der Waals surface area contributed by atoms with E-state index >= 15 is 0 Å². The van der Waals surface area contributed by atoms with Crippen molar-refractivity contribution < 1.29 is 0 Å². The lowest BCUT2D eigenvalue weighted by molar-refractivity contribution is 0.950. The fourth-order valence-electron chi connectivity index (χ4n) is 1.30. The van der Waals surface area contributed by atoms with E-state index in [9.17, 15) is 0 Å². The Morgan fingerprint density at radius 1 is 1.29 bits per heavy atom. The summed E-state index contributed by atoms with van der Waals surface area (Å²) >= 11 is 7.57. The molecule has 0 aliphatic rings. The van der Waals surface area contributed by atoms with Crippen LogP contribution in [0, 0.1) is 6.92 Å². The molecule has 88 valence electrons. The van der Waals surface area contributed by atoms with Gasteiger partial charge in [0.25, 0.3) is 0 Å². The topological polar surface area (TPSA) is 51.8 Å². The molecular weight excluding hydrogens is 254 g/mol. The van der Waals surface area contributed by atoms with Gasteiger partial charge in [-0.2, -0.15) is 0 Å². The molecule has 3 nitrogen and oxygen atoms in total. The molecule has 1 heterocycles. The van der Waals surface area contributed by atoms with Gasteiger partial charge in [0.15, 0.2) is 5.16 Å². The van der Waals surface area contributed by atoms with Crippen LogP contribution in [-0.4, -0.2) is 9.97 Å². The molecule has 2 rings (SSSR count). The summed E-state index contributed by atoms with van der Waals surface area (Å²) in [7, 11) is 0. The Kier molecular flexibility index (Phi) is 3.99. The van der Waals surface area contributed by atoms with Crippen LogP contribution < -0.4 is 5.73 Å². The van der Waals surface area contributed by atoms with Crippen molar-refractivity contribution >= 4 is 23.4 Å². The van der Waals surface area contributed by atoms with Gasteiger partial charge in [0.2, 0.25) is 0 Å². The predicted octanol–water partition coefficient (Wildman–Crippen LogP) is 3.05. The first kappa shape index (κ1) is 12.4. The van der Waals surface area contributed by atoms with Crippen LogP contribution in [-0.2, 0) is 6.54 Å². The van der Waals surface area contributed by atoms with Crippen molar-refractivity contribution in [2.75, 3.05) is 0 Å². The minimum Gasteiger partial charge on any atom is -0.326 e. The molecule has 1 aromatic heterocycles. The highest BCUT2D eigenvalue weighted by molar-refractivity contribution is 7.99. The fourth-order valence-corrected chi connectivity index (χ4v) is 2.35. The third-order valence-corrected chi connectivity index (χ3v) is 3.45. The SMILES string of the molecule is Cc1cnc(Sc2ccc(CN)c(Cl)c2)nc1. The zero-order chi connectivity index (χ0) is 12.3. The quantitative estimate of drug-likeness (QED) is 0.867. The van der Waals surface area contributed by atoms with Crippen LogP contribution in [0.5, 0.6) is 0 Å². The molecule has 0 saturated carbocycles. The summed E-state index contributed by atoms with van der Waals surface area (Å²) in [4.78, 5) is 9.47. The van der Waals surface area contributed by atoms with E-state index < -0.39 is 0 Å². The number of nitrogens with two attached hydrogens (primary N) is 1. The molecule has 0 fully saturated rings. The van der Waals surface area contributed by atoms with Crippen molar-refractivity contribution in [3.8, 4) is 0 Å². The molecule has 0 spiro atoms. The second-order valence-electron chi connectivity index (χ2n) is 3.60. The summed E-state index contributed by atoms with van der Waals surface area (Å²) in [5.74, 6) is 0. The van der Waals surface area contributed by atoms with E-state index in [1.54, 1.807) is 12.4 Å². The summed E-state index contributed by atoms with van der Waals surface area (Å²) in [5.41, 5.74) is 7.55. The van der Waals surface area contributed by atoms with Crippen molar-refractivity contribution in [1.29, 1.82) is 0 Å².